The quantitative estimate of drug-likeness (QED) is 0.717. The second-order valence-corrected chi connectivity index (χ2v) is 8.87. The molecule has 0 atom stereocenters. The summed E-state index contributed by atoms with van der Waals surface area (Å²) in [5, 5.41) is 2.89. The van der Waals surface area contributed by atoms with E-state index in [1.165, 1.54) is 12.8 Å². The molecule has 1 amide bonds. The second-order valence-electron chi connectivity index (χ2n) is 6.93. The molecule has 0 unspecified atom stereocenters. The Morgan fingerprint density at radius 2 is 1.76 bits per heavy atom. The summed E-state index contributed by atoms with van der Waals surface area (Å²) in [6.07, 6.45) is 6.23. The summed E-state index contributed by atoms with van der Waals surface area (Å²) >= 11 is 0. The Bertz CT molecular complexity index is 648. The van der Waals surface area contributed by atoms with Crippen LogP contribution in [0.4, 0.5) is 0 Å². The van der Waals surface area contributed by atoms with Crippen LogP contribution < -0.4 is 5.32 Å². The molecule has 25 heavy (non-hydrogen) atoms. The van der Waals surface area contributed by atoms with E-state index in [0.29, 0.717) is 31.1 Å². The molecule has 6 heteroatoms. The van der Waals surface area contributed by atoms with Gasteiger partial charge < -0.3 is 5.32 Å². The Balaban J connectivity index is 1.93. The van der Waals surface area contributed by atoms with Crippen LogP contribution in [-0.2, 0) is 10.0 Å². The number of carbonyl (C=O) groups is 1. The first-order valence-corrected chi connectivity index (χ1v) is 10.8. The molecule has 1 aliphatic rings. The van der Waals surface area contributed by atoms with E-state index in [2.05, 4.69) is 19.2 Å². The van der Waals surface area contributed by atoms with E-state index < -0.39 is 10.0 Å². The Kier molecular flexibility index (Phi) is 7.44. The third-order valence-corrected chi connectivity index (χ3v) is 6.73. The SMILES string of the molecule is CCCCCCNC(=O)c1ccc(S(=O)(=O)N2CCC(C)CC2)cc1. The van der Waals surface area contributed by atoms with Crippen molar-refractivity contribution in [2.75, 3.05) is 19.6 Å². The lowest BCUT2D eigenvalue weighted by Gasteiger charge is -2.29. The van der Waals surface area contributed by atoms with Gasteiger partial charge in [0.15, 0.2) is 0 Å². The molecule has 0 radical (unpaired) electrons. The van der Waals surface area contributed by atoms with Gasteiger partial charge in [-0.05, 0) is 49.4 Å². The van der Waals surface area contributed by atoms with E-state index in [1.54, 1.807) is 28.6 Å². The van der Waals surface area contributed by atoms with E-state index >= 15 is 0 Å². The summed E-state index contributed by atoms with van der Waals surface area (Å²) < 4.78 is 26.9. The maximum atomic E-state index is 12.7. The molecule has 0 aliphatic carbocycles. The molecule has 140 valence electrons. The normalized spacial score (nSPS) is 16.7. The maximum absolute atomic E-state index is 12.7. The molecule has 0 aromatic heterocycles. The average Bonchev–Trinajstić information content (AvgIpc) is 2.62. The van der Waals surface area contributed by atoms with Gasteiger partial charge in [0.05, 0.1) is 4.90 Å². The first kappa shape index (κ1) is 19.9. The smallest absolute Gasteiger partial charge is 0.251 e. The van der Waals surface area contributed by atoms with Gasteiger partial charge in [-0.2, -0.15) is 4.31 Å². The van der Waals surface area contributed by atoms with E-state index in [9.17, 15) is 13.2 Å². The molecule has 5 nitrogen and oxygen atoms in total. The molecule has 0 spiro atoms. The number of amides is 1. The van der Waals surface area contributed by atoms with E-state index in [4.69, 9.17) is 0 Å². The summed E-state index contributed by atoms with van der Waals surface area (Å²) in [4.78, 5) is 12.4. The first-order chi connectivity index (χ1) is 11.9. The molecule has 0 saturated carbocycles. The average molecular weight is 367 g/mol. The zero-order chi connectivity index (χ0) is 18.3. The predicted molar refractivity (Wildman–Crippen MR) is 100 cm³/mol. The number of nitrogens with zero attached hydrogens (tertiary/aromatic N) is 1. The summed E-state index contributed by atoms with van der Waals surface area (Å²) in [7, 11) is -3.45. The van der Waals surface area contributed by atoms with Crippen molar-refractivity contribution in [2.24, 2.45) is 5.92 Å². The lowest BCUT2D eigenvalue weighted by molar-refractivity contribution is 0.0953. The number of sulfonamides is 1. The van der Waals surface area contributed by atoms with Crippen molar-refractivity contribution in [3.05, 3.63) is 29.8 Å². The minimum atomic E-state index is -3.45. The molecular weight excluding hydrogens is 336 g/mol. The monoisotopic (exact) mass is 366 g/mol. The van der Waals surface area contributed by atoms with Gasteiger partial charge in [-0.15, -0.1) is 0 Å². The molecule has 1 aromatic carbocycles. The number of hydrogen-bond donors (Lipinski definition) is 1. The third kappa shape index (κ3) is 5.54. The molecule has 2 rings (SSSR count). The van der Waals surface area contributed by atoms with Crippen LogP contribution in [0.1, 0.15) is 62.7 Å². The van der Waals surface area contributed by atoms with Gasteiger partial charge in [0.25, 0.3) is 5.91 Å². The molecule has 1 N–H and O–H groups in total. The number of unbranched alkanes of at least 4 members (excludes halogenated alkanes) is 3. The number of rotatable bonds is 8. The second kappa shape index (κ2) is 9.34. The first-order valence-electron chi connectivity index (χ1n) is 9.33. The van der Waals surface area contributed by atoms with E-state index in [1.807, 2.05) is 0 Å². The Morgan fingerprint density at radius 1 is 1.12 bits per heavy atom. The van der Waals surface area contributed by atoms with E-state index in [0.717, 1.165) is 25.7 Å². The number of carbonyl (C=O) groups excluding carboxylic acids is 1. The maximum Gasteiger partial charge on any atom is 0.251 e. The van der Waals surface area contributed by atoms with Crippen LogP contribution in [0.5, 0.6) is 0 Å². The highest BCUT2D eigenvalue weighted by Crippen LogP contribution is 2.23. The Morgan fingerprint density at radius 3 is 2.36 bits per heavy atom. The van der Waals surface area contributed by atoms with Crippen LogP contribution in [-0.4, -0.2) is 38.3 Å². The Hall–Kier alpha value is -1.40. The highest BCUT2D eigenvalue weighted by Gasteiger charge is 2.28. The van der Waals surface area contributed by atoms with Crippen molar-refractivity contribution < 1.29 is 13.2 Å². The van der Waals surface area contributed by atoms with Gasteiger partial charge in [0, 0.05) is 25.2 Å². The van der Waals surface area contributed by atoms with Crippen molar-refractivity contribution in [3.63, 3.8) is 0 Å². The van der Waals surface area contributed by atoms with E-state index in [-0.39, 0.29) is 10.8 Å². The summed E-state index contributed by atoms with van der Waals surface area (Å²) in [6.45, 7) is 6.11. The fourth-order valence-corrected chi connectivity index (χ4v) is 4.48. The number of nitrogens with one attached hydrogen (secondary N) is 1. The largest absolute Gasteiger partial charge is 0.352 e. The van der Waals surface area contributed by atoms with Crippen molar-refractivity contribution in [1.29, 1.82) is 0 Å². The van der Waals surface area contributed by atoms with Crippen molar-refractivity contribution in [1.82, 2.24) is 9.62 Å². The van der Waals surface area contributed by atoms with Gasteiger partial charge in [-0.3, -0.25) is 4.79 Å². The van der Waals surface area contributed by atoms with Crippen LogP contribution in [0.15, 0.2) is 29.2 Å². The van der Waals surface area contributed by atoms with Crippen molar-refractivity contribution in [3.8, 4) is 0 Å². The fourth-order valence-electron chi connectivity index (χ4n) is 3.01. The molecule has 1 fully saturated rings. The minimum Gasteiger partial charge on any atom is -0.352 e. The van der Waals surface area contributed by atoms with Crippen LogP contribution in [0, 0.1) is 5.92 Å². The predicted octanol–water partition coefficient (Wildman–Crippen LogP) is 3.42. The van der Waals surface area contributed by atoms with Gasteiger partial charge in [-0.25, -0.2) is 8.42 Å². The number of piperidine rings is 1. The van der Waals surface area contributed by atoms with Gasteiger partial charge in [0.2, 0.25) is 10.0 Å². The van der Waals surface area contributed by atoms with Gasteiger partial charge >= 0.3 is 0 Å². The molecule has 1 heterocycles. The van der Waals surface area contributed by atoms with Crippen LogP contribution in [0.2, 0.25) is 0 Å². The zero-order valence-electron chi connectivity index (χ0n) is 15.3. The van der Waals surface area contributed by atoms with Gasteiger partial charge in [-0.1, -0.05) is 33.1 Å². The topological polar surface area (TPSA) is 66.5 Å². The molecule has 1 aliphatic heterocycles. The fraction of sp³-hybridized carbons (Fsp3) is 0.632. The highest BCUT2D eigenvalue weighted by atomic mass is 32.2. The molecule has 1 saturated heterocycles. The molecular formula is C19H30N2O3S. The van der Waals surface area contributed by atoms with Crippen molar-refractivity contribution in [2.45, 2.75) is 57.3 Å². The van der Waals surface area contributed by atoms with Crippen LogP contribution in [0.3, 0.4) is 0 Å². The standard InChI is InChI=1S/C19H30N2O3S/c1-3-4-5-6-13-20-19(22)17-7-9-18(10-8-17)25(23,24)21-14-11-16(2)12-15-21/h7-10,16H,3-6,11-15H2,1-2H3,(H,20,22). The Labute approximate surface area is 151 Å². The lowest BCUT2D eigenvalue weighted by Crippen LogP contribution is -2.37. The molecule has 0 bridgehead atoms. The number of benzene rings is 1. The zero-order valence-corrected chi connectivity index (χ0v) is 16.1. The molecule has 1 aromatic rings. The lowest BCUT2D eigenvalue weighted by atomic mass is 10.0. The summed E-state index contributed by atoms with van der Waals surface area (Å²) in [6, 6.07) is 6.28. The van der Waals surface area contributed by atoms with Crippen LogP contribution in [0.25, 0.3) is 0 Å². The number of hydrogen-bond acceptors (Lipinski definition) is 3. The summed E-state index contributed by atoms with van der Waals surface area (Å²) in [5.41, 5.74) is 0.502. The highest BCUT2D eigenvalue weighted by molar-refractivity contribution is 7.89. The minimum absolute atomic E-state index is 0.146. The van der Waals surface area contributed by atoms with Crippen molar-refractivity contribution >= 4 is 15.9 Å². The van der Waals surface area contributed by atoms with Crippen LogP contribution >= 0.6 is 0 Å². The third-order valence-electron chi connectivity index (χ3n) is 4.81. The van der Waals surface area contributed by atoms with Gasteiger partial charge in [0.1, 0.15) is 0 Å². The summed E-state index contributed by atoms with van der Waals surface area (Å²) in [5.74, 6) is 0.432.